The Morgan fingerprint density at radius 2 is 1.04 bits per heavy atom. The van der Waals surface area contributed by atoms with Crippen molar-refractivity contribution in [3.63, 3.8) is 0 Å². The van der Waals surface area contributed by atoms with Gasteiger partial charge >= 0.3 is 0 Å². The third-order valence-corrected chi connectivity index (χ3v) is 21.4. The van der Waals surface area contributed by atoms with Gasteiger partial charge in [0, 0.05) is 50.6 Å². The maximum atomic E-state index is 3.07. The molecule has 5 fully saturated rings. The van der Waals surface area contributed by atoms with Crippen molar-refractivity contribution in [2.24, 2.45) is 23.2 Å². The molecule has 338 valence electrons. The van der Waals surface area contributed by atoms with Gasteiger partial charge in [-0.2, -0.15) is 0 Å². The summed E-state index contributed by atoms with van der Waals surface area (Å²) in [7, 11) is 0. The summed E-state index contributed by atoms with van der Waals surface area (Å²) in [5.74, 6) is 2.61. The third-order valence-electron chi connectivity index (χ3n) is 21.4. The second kappa shape index (κ2) is 12.9. The topological polar surface area (TPSA) is 9.72 Å². The van der Waals surface area contributed by atoms with Crippen LogP contribution in [0.2, 0.25) is 0 Å². The number of hydrogen-bond acceptors (Lipinski definition) is 3. The van der Waals surface area contributed by atoms with E-state index in [0.717, 1.165) is 24.2 Å². The standard InChI is InChI=1S/C66H56BN3/c1-62-33-15-16-34-63(62,2)69(54-32-31-43(35-53(54)62)42-19-7-3-8-20-42)50-38-57-61-58(39-50)70(64-40-47-36-46-37-48(41-64)66(46,47)64)56-30-18-28-52-60(56)67(61)59-51(27-17-29-55(59)68(57)49-25-13-6-14-26-49)65(52,44-21-9-4-10-22-44)45-23-11-5-12-24-45/h3-14,17-32,35,38-39,46-48H,15-16,33-34,36-37,40-41H2,1-2H3. The summed E-state index contributed by atoms with van der Waals surface area (Å²) in [6, 6.07) is 73.3. The van der Waals surface area contributed by atoms with Gasteiger partial charge in [0.05, 0.1) is 16.5 Å². The van der Waals surface area contributed by atoms with Crippen LogP contribution in [-0.4, -0.2) is 17.8 Å². The van der Waals surface area contributed by atoms with E-state index in [1.165, 1.54) is 140 Å². The van der Waals surface area contributed by atoms with Crippen LogP contribution in [0.1, 0.15) is 93.0 Å². The van der Waals surface area contributed by atoms with Gasteiger partial charge in [-0.3, -0.25) is 0 Å². The summed E-state index contributed by atoms with van der Waals surface area (Å²) >= 11 is 0. The highest BCUT2D eigenvalue weighted by atomic mass is 15.3. The molecule has 1 spiro atoms. The normalized spacial score (nSPS) is 29.8. The van der Waals surface area contributed by atoms with Gasteiger partial charge in [-0.15, -0.1) is 0 Å². The van der Waals surface area contributed by atoms with E-state index >= 15 is 0 Å². The second-order valence-corrected chi connectivity index (χ2v) is 23.5. The van der Waals surface area contributed by atoms with Gasteiger partial charge in [0.15, 0.2) is 0 Å². The molecule has 3 nitrogen and oxygen atoms in total. The summed E-state index contributed by atoms with van der Waals surface area (Å²) in [6.45, 7) is 5.33. The predicted octanol–water partition coefficient (Wildman–Crippen LogP) is 13.7. The van der Waals surface area contributed by atoms with Gasteiger partial charge in [-0.1, -0.05) is 159 Å². The first-order valence-electron chi connectivity index (χ1n) is 26.6. The van der Waals surface area contributed by atoms with Crippen molar-refractivity contribution in [1.82, 2.24) is 0 Å². The summed E-state index contributed by atoms with van der Waals surface area (Å²) in [4.78, 5) is 8.65. The zero-order chi connectivity index (χ0) is 45.9. The van der Waals surface area contributed by atoms with Crippen LogP contribution in [0.5, 0.6) is 0 Å². The number of hydrogen-bond donors (Lipinski definition) is 0. The van der Waals surface area contributed by atoms with E-state index in [1.54, 1.807) is 0 Å². The molecule has 0 N–H and O–H groups in total. The lowest BCUT2D eigenvalue weighted by Crippen LogP contribution is -2.93. The van der Waals surface area contributed by atoms with Gasteiger partial charge in [0.1, 0.15) is 0 Å². The summed E-state index contributed by atoms with van der Waals surface area (Å²) in [5, 5.41) is 0. The first kappa shape index (κ1) is 39.0. The van der Waals surface area contributed by atoms with Crippen LogP contribution in [0, 0.1) is 23.2 Å². The number of anilines is 7. The van der Waals surface area contributed by atoms with Crippen LogP contribution in [0.3, 0.4) is 0 Å². The Bertz CT molecular complexity index is 3490. The molecule has 0 amide bonds. The fourth-order valence-corrected chi connectivity index (χ4v) is 18.7. The van der Waals surface area contributed by atoms with Crippen LogP contribution < -0.4 is 31.1 Å². The maximum absolute atomic E-state index is 3.07. The lowest BCUT2D eigenvalue weighted by Gasteiger charge is -2.92. The Morgan fingerprint density at radius 1 is 0.443 bits per heavy atom. The van der Waals surface area contributed by atoms with Crippen molar-refractivity contribution < 1.29 is 0 Å². The van der Waals surface area contributed by atoms with Crippen LogP contribution in [0.4, 0.5) is 39.8 Å². The molecule has 17 rings (SSSR count). The van der Waals surface area contributed by atoms with E-state index in [2.05, 4.69) is 217 Å². The Kier molecular flexibility index (Phi) is 7.21. The average molecular weight is 902 g/mol. The van der Waals surface area contributed by atoms with Crippen molar-refractivity contribution in [3.8, 4) is 11.1 Å². The summed E-state index contributed by atoms with van der Waals surface area (Å²) in [6.07, 6.45) is 10.4. The Balaban J connectivity index is 0.995. The predicted molar refractivity (Wildman–Crippen MR) is 289 cm³/mol. The van der Waals surface area contributed by atoms with Crippen molar-refractivity contribution in [3.05, 3.63) is 216 Å². The molecule has 70 heavy (non-hydrogen) atoms. The van der Waals surface area contributed by atoms with E-state index < -0.39 is 5.41 Å². The van der Waals surface area contributed by atoms with E-state index in [4.69, 9.17) is 0 Å². The van der Waals surface area contributed by atoms with Gasteiger partial charge < -0.3 is 14.7 Å². The Labute approximate surface area is 412 Å². The second-order valence-electron chi connectivity index (χ2n) is 23.5. The Morgan fingerprint density at radius 3 is 1.70 bits per heavy atom. The molecule has 4 aliphatic heterocycles. The van der Waals surface area contributed by atoms with Crippen LogP contribution in [0.25, 0.3) is 11.1 Å². The highest BCUT2D eigenvalue weighted by Crippen LogP contribution is 2.91. The SMILES string of the molecule is CC12CCCCC1(C)N(c1cc3c4c(c1)N(C15CC6CC7CC(C1)C765)c1cccc5c1B4c1c(cccc1C5(c1ccccc1)c1ccccc1)N3c1ccccc1)c1ccc(-c3ccccc3)cc12. The number of benzene rings is 8. The fraction of sp³-hybridized carbons (Fsp3) is 0.273. The minimum atomic E-state index is -0.522. The van der Waals surface area contributed by atoms with Crippen LogP contribution >= 0.6 is 0 Å². The van der Waals surface area contributed by atoms with Crippen LogP contribution in [-0.2, 0) is 10.8 Å². The highest BCUT2D eigenvalue weighted by Gasteiger charge is 2.89. The smallest absolute Gasteiger partial charge is 0.252 e. The first-order chi connectivity index (χ1) is 34.4. The zero-order valence-corrected chi connectivity index (χ0v) is 40.2. The minimum absolute atomic E-state index is 0.00693. The minimum Gasteiger partial charge on any atom is -0.335 e. The van der Waals surface area contributed by atoms with E-state index in [1.807, 2.05) is 0 Å². The molecule has 5 saturated carbocycles. The molecular formula is C66H56BN3. The molecule has 5 aliphatic carbocycles. The lowest BCUT2D eigenvalue weighted by atomic mass is 9.15. The van der Waals surface area contributed by atoms with E-state index in [9.17, 15) is 0 Å². The van der Waals surface area contributed by atoms with Gasteiger partial charge in [0.25, 0.3) is 6.71 Å². The molecule has 4 atom stereocenters. The highest BCUT2D eigenvalue weighted by molar-refractivity contribution is 7.01. The van der Waals surface area contributed by atoms with Crippen molar-refractivity contribution in [1.29, 1.82) is 0 Å². The molecule has 0 radical (unpaired) electrons. The maximum Gasteiger partial charge on any atom is 0.252 e. The molecule has 8 aromatic rings. The molecule has 4 heterocycles. The number of fused-ring (bicyclic) bond motifs is 3. The molecule has 0 bridgehead atoms. The molecule has 9 aliphatic rings. The average Bonchev–Trinajstić information content (AvgIpc) is 3.61. The third kappa shape index (κ3) is 4.15. The monoisotopic (exact) mass is 901 g/mol. The molecular weight excluding hydrogens is 846 g/mol. The first-order valence-corrected chi connectivity index (χ1v) is 26.6. The fourth-order valence-electron chi connectivity index (χ4n) is 18.7. The zero-order valence-electron chi connectivity index (χ0n) is 40.2. The summed E-state index contributed by atoms with van der Waals surface area (Å²) in [5.41, 5.74) is 23.7. The van der Waals surface area contributed by atoms with Gasteiger partial charge in [0.2, 0.25) is 0 Å². The molecule has 8 aromatic carbocycles. The van der Waals surface area contributed by atoms with Crippen molar-refractivity contribution in [2.45, 2.75) is 87.1 Å². The molecule has 0 aromatic heterocycles. The molecule has 4 unspecified atom stereocenters. The van der Waals surface area contributed by atoms with Crippen molar-refractivity contribution >= 4 is 62.9 Å². The summed E-state index contributed by atoms with van der Waals surface area (Å²) < 4.78 is 0. The number of para-hydroxylation sites is 1. The number of nitrogens with zero attached hydrogens (tertiary/aromatic N) is 3. The quantitative estimate of drug-likeness (QED) is 0.154. The Hall–Kier alpha value is -6.78. The molecule has 0 saturated heterocycles. The van der Waals surface area contributed by atoms with E-state index in [-0.39, 0.29) is 23.2 Å². The molecule has 4 heteroatoms. The van der Waals surface area contributed by atoms with Crippen molar-refractivity contribution in [2.75, 3.05) is 14.7 Å². The van der Waals surface area contributed by atoms with Crippen LogP contribution in [0.15, 0.2) is 188 Å². The number of rotatable bonds is 6. The lowest BCUT2D eigenvalue weighted by molar-refractivity contribution is -0.385. The van der Waals surface area contributed by atoms with E-state index in [0.29, 0.717) is 5.41 Å². The van der Waals surface area contributed by atoms with Gasteiger partial charge in [-0.05, 0) is 167 Å². The van der Waals surface area contributed by atoms with Gasteiger partial charge in [-0.25, -0.2) is 0 Å². The largest absolute Gasteiger partial charge is 0.335 e.